The molecule has 0 bridgehead atoms. The molecule has 2 heterocycles. The zero-order valence-corrected chi connectivity index (χ0v) is 17.0. The Hall–Kier alpha value is -2.71. The van der Waals surface area contributed by atoms with Crippen LogP contribution in [-0.2, 0) is 0 Å². The highest BCUT2D eigenvalue weighted by atomic mass is 32.1. The monoisotopic (exact) mass is 414 g/mol. The highest BCUT2D eigenvalue weighted by molar-refractivity contribution is 7.22. The molecule has 8 heteroatoms. The van der Waals surface area contributed by atoms with E-state index in [-0.39, 0.29) is 11.7 Å². The van der Waals surface area contributed by atoms with Gasteiger partial charge in [0.15, 0.2) is 5.13 Å². The molecule has 152 valence electrons. The zero-order chi connectivity index (χ0) is 20.2. The average Bonchev–Trinajstić information content (AvgIpc) is 3.19. The Labute approximate surface area is 172 Å². The molecule has 2 aromatic carbocycles. The molecule has 29 heavy (non-hydrogen) atoms. The van der Waals surface area contributed by atoms with Gasteiger partial charge in [0.2, 0.25) is 0 Å². The van der Waals surface area contributed by atoms with E-state index < -0.39 is 0 Å². The largest absolute Gasteiger partial charge is 0.494 e. The second-order valence-corrected chi connectivity index (χ2v) is 7.90. The predicted octanol–water partition coefficient (Wildman–Crippen LogP) is 3.00. The van der Waals surface area contributed by atoms with Gasteiger partial charge in [-0.15, -0.1) is 0 Å². The minimum Gasteiger partial charge on any atom is -0.494 e. The molecule has 0 aliphatic carbocycles. The Bertz CT molecular complexity index is 984. The van der Waals surface area contributed by atoms with Crippen molar-refractivity contribution in [1.29, 1.82) is 0 Å². The molecule has 1 aliphatic rings. The van der Waals surface area contributed by atoms with Gasteiger partial charge in [0, 0.05) is 44.8 Å². The van der Waals surface area contributed by atoms with Crippen molar-refractivity contribution in [1.82, 2.24) is 15.2 Å². The number of nitrogens with zero attached hydrogens (tertiary/aromatic N) is 3. The molecule has 6 nitrogen and oxygen atoms in total. The Morgan fingerprint density at radius 3 is 2.66 bits per heavy atom. The summed E-state index contributed by atoms with van der Waals surface area (Å²) >= 11 is 1.69. The summed E-state index contributed by atoms with van der Waals surface area (Å²) in [5, 5.41) is 3.92. The lowest BCUT2D eigenvalue weighted by molar-refractivity contribution is 0.0947. The van der Waals surface area contributed by atoms with Gasteiger partial charge in [-0.2, -0.15) is 0 Å². The fourth-order valence-corrected chi connectivity index (χ4v) is 4.44. The van der Waals surface area contributed by atoms with Crippen LogP contribution in [0.15, 0.2) is 42.5 Å². The fraction of sp³-hybridized carbons (Fsp3) is 0.333. The Kier molecular flexibility index (Phi) is 5.92. The van der Waals surface area contributed by atoms with Crippen LogP contribution in [0.3, 0.4) is 0 Å². The maximum atomic E-state index is 12.9. The van der Waals surface area contributed by atoms with Crippen molar-refractivity contribution in [2.24, 2.45) is 0 Å². The second kappa shape index (κ2) is 8.75. The third kappa shape index (κ3) is 4.49. The SMILES string of the molecule is COc1cccc2sc(N3CCN(CCNC(=O)c4ccc(F)cc4)CC3)nc12. The van der Waals surface area contributed by atoms with Crippen LogP contribution in [0.25, 0.3) is 10.2 Å². The van der Waals surface area contributed by atoms with Crippen molar-refractivity contribution in [2.75, 3.05) is 51.3 Å². The first-order chi connectivity index (χ1) is 14.1. The minimum atomic E-state index is -0.342. The Balaban J connectivity index is 1.26. The van der Waals surface area contributed by atoms with E-state index in [1.165, 1.54) is 24.3 Å². The molecule has 1 N–H and O–H groups in total. The quantitative estimate of drug-likeness (QED) is 0.672. The lowest BCUT2D eigenvalue weighted by atomic mass is 10.2. The number of carbonyl (C=O) groups is 1. The Morgan fingerprint density at radius 1 is 1.17 bits per heavy atom. The molecule has 1 saturated heterocycles. The first kappa shape index (κ1) is 19.6. The van der Waals surface area contributed by atoms with Gasteiger partial charge in [-0.05, 0) is 36.4 Å². The van der Waals surface area contributed by atoms with Gasteiger partial charge in [0.25, 0.3) is 5.91 Å². The van der Waals surface area contributed by atoms with Crippen molar-refractivity contribution in [3.63, 3.8) is 0 Å². The number of hydrogen-bond acceptors (Lipinski definition) is 6. The van der Waals surface area contributed by atoms with E-state index in [9.17, 15) is 9.18 Å². The van der Waals surface area contributed by atoms with E-state index in [2.05, 4.69) is 21.2 Å². The molecular weight excluding hydrogens is 391 g/mol. The number of benzene rings is 2. The number of carbonyl (C=O) groups excluding carboxylic acids is 1. The number of para-hydroxylation sites is 1. The summed E-state index contributed by atoms with van der Waals surface area (Å²) in [7, 11) is 1.67. The number of nitrogens with one attached hydrogen (secondary N) is 1. The molecule has 0 unspecified atom stereocenters. The summed E-state index contributed by atoms with van der Waals surface area (Å²) in [6, 6.07) is 11.6. The highest BCUT2D eigenvalue weighted by Gasteiger charge is 2.20. The van der Waals surface area contributed by atoms with Crippen LogP contribution >= 0.6 is 11.3 Å². The smallest absolute Gasteiger partial charge is 0.251 e. The molecule has 4 rings (SSSR count). The fourth-order valence-electron chi connectivity index (χ4n) is 3.41. The van der Waals surface area contributed by atoms with E-state index >= 15 is 0 Å². The minimum absolute atomic E-state index is 0.174. The van der Waals surface area contributed by atoms with Crippen molar-refractivity contribution in [3.8, 4) is 5.75 Å². The average molecular weight is 415 g/mol. The molecule has 3 aromatic rings. The van der Waals surface area contributed by atoms with Gasteiger partial charge < -0.3 is 15.0 Å². The molecule has 1 aromatic heterocycles. The van der Waals surface area contributed by atoms with Gasteiger partial charge in [0.05, 0.1) is 11.8 Å². The highest BCUT2D eigenvalue weighted by Crippen LogP contribution is 2.34. The van der Waals surface area contributed by atoms with Gasteiger partial charge >= 0.3 is 0 Å². The van der Waals surface area contributed by atoms with Crippen LogP contribution in [0.1, 0.15) is 10.4 Å². The van der Waals surface area contributed by atoms with Crippen molar-refractivity contribution in [2.45, 2.75) is 0 Å². The van der Waals surface area contributed by atoms with E-state index in [0.29, 0.717) is 12.1 Å². The molecule has 0 atom stereocenters. The summed E-state index contributed by atoms with van der Waals surface area (Å²) in [6.45, 7) is 4.98. The van der Waals surface area contributed by atoms with Crippen LogP contribution in [0.5, 0.6) is 5.75 Å². The summed E-state index contributed by atoms with van der Waals surface area (Å²) in [5.74, 6) is 0.290. The van der Waals surface area contributed by atoms with E-state index in [1.807, 2.05) is 12.1 Å². The van der Waals surface area contributed by atoms with Crippen LogP contribution in [-0.4, -0.2) is 62.2 Å². The number of methoxy groups -OCH3 is 1. The Morgan fingerprint density at radius 2 is 1.93 bits per heavy atom. The van der Waals surface area contributed by atoms with Crippen molar-refractivity contribution >= 4 is 32.6 Å². The number of ether oxygens (including phenoxy) is 1. The van der Waals surface area contributed by atoms with Gasteiger partial charge in [-0.3, -0.25) is 9.69 Å². The lowest BCUT2D eigenvalue weighted by Crippen LogP contribution is -2.48. The number of fused-ring (bicyclic) bond motifs is 1. The second-order valence-electron chi connectivity index (χ2n) is 6.89. The van der Waals surface area contributed by atoms with Gasteiger partial charge in [-0.1, -0.05) is 17.4 Å². The number of amides is 1. The van der Waals surface area contributed by atoms with Crippen LogP contribution in [0, 0.1) is 5.82 Å². The maximum absolute atomic E-state index is 12.9. The summed E-state index contributed by atoms with van der Waals surface area (Å²) < 4.78 is 19.5. The molecule has 0 spiro atoms. The molecule has 0 saturated carbocycles. The van der Waals surface area contributed by atoms with E-state index in [0.717, 1.165) is 53.8 Å². The summed E-state index contributed by atoms with van der Waals surface area (Å²) in [6.07, 6.45) is 0. The van der Waals surface area contributed by atoms with E-state index in [4.69, 9.17) is 9.72 Å². The number of thiazole rings is 1. The van der Waals surface area contributed by atoms with Crippen molar-refractivity contribution < 1.29 is 13.9 Å². The third-order valence-corrected chi connectivity index (χ3v) is 6.13. The first-order valence-electron chi connectivity index (χ1n) is 9.58. The topological polar surface area (TPSA) is 57.7 Å². The lowest BCUT2D eigenvalue weighted by Gasteiger charge is -2.34. The summed E-state index contributed by atoms with van der Waals surface area (Å²) in [5.41, 5.74) is 1.39. The number of anilines is 1. The third-order valence-electron chi connectivity index (χ3n) is 5.05. The number of piperazine rings is 1. The predicted molar refractivity (Wildman–Crippen MR) is 114 cm³/mol. The molecular formula is C21H23FN4O2S. The molecule has 1 aliphatic heterocycles. The number of hydrogen-bond donors (Lipinski definition) is 1. The zero-order valence-electron chi connectivity index (χ0n) is 16.2. The first-order valence-corrected chi connectivity index (χ1v) is 10.4. The maximum Gasteiger partial charge on any atom is 0.251 e. The number of rotatable bonds is 6. The molecule has 1 fully saturated rings. The summed E-state index contributed by atoms with van der Waals surface area (Å²) in [4.78, 5) is 21.5. The van der Waals surface area contributed by atoms with Crippen LogP contribution in [0.4, 0.5) is 9.52 Å². The molecule has 1 amide bonds. The normalized spacial score (nSPS) is 14.9. The number of aromatic nitrogens is 1. The van der Waals surface area contributed by atoms with Crippen LogP contribution < -0.4 is 15.0 Å². The standard InChI is InChI=1S/C21H23FN4O2S/c1-28-17-3-2-4-18-19(17)24-21(29-18)26-13-11-25(12-14-26)10-9-23-20(27)15-5-7-16(22)8-6-15/h2-8H,9-14H2,1H3,(H,23,27). The van der Waals surface area contributed by atoms with Crippen molar-refractivity contribution in [3.05, 3.63) is 53.8 Å². The van der Waals surface area contributed by atoms with E-state index in [1.54, 1.807) is 18.4 Å². The number of halogens is 1. The van der Waals surface area contributed by atoms with Crippen LogP contribution in [0.2, 0.25) is 0 Å². The molecule has 0 radical (unpaired) electrons. The van der Waals surface area contributed by atoms with Gasteiger partial charge in [0.1, 0.15) is 17.1 Å². The van der Waals surface area contributed by atoms with Gasteiger partial charge in [-0.25, -0.2) is 9.37 Å².